The monoisotopic (exact) mass is 358 g/mol. The Kier molecular flexibility index (Phi) is 12.7. The van der Waals surface area contributed by atoms with Crippen molar-refractivity contribution in [3.63, 3.8) is 0 Å². The van der Waals surface area contributed by atoms with Gasteiger partial charge < -0.3 is 9.84 Å². The maximum Gasteiger partial charge on any atom is 0.161 e. The van der Waals surface area contributed by atoms with Crippen LogP contribution in [0.25, 0.3) is 0 Å². The van der Waals surface area contributed by atoms with Crippen LogP contribution in [0.5, 0.6) is 11.5 Å². The minimum atomic E-state index is 0.0520. The standard InChI is InChI=1S/C19H22O3.2C2H6/c1-14(15(2)20)8-9-16-10-11-19(18(21)12-16)22-13-17-6-4-3-5-7-17;2*1-2/h3-7,10-12,14,21H,8-9,13H2,1-2H3;2*1-2H3. The largest absolute Gasteiger partial charge is 0.504 e. The van der Waals surface area contributed by atoms with Gasteiger partial charge >= 0.3 is 0 Å². The first-order chi connectivity index (χ1) is 12.6. The van der Waals surface area contributed by atoms with Crippen LogP contribution in [0.2, 0.25) is 0 Å². The molecule has 0 fully saturated rings. The predicted octanol–water partition coefficient (Wildman–Crippen LogP) is 6.18. The molecule has 26 heavy (non-hydrogen) atoms. The van der Waals surface area contributed by atoms with E-state index in [1.54, 1.807) is 19.1 Å². The van der Waals surface area contributed by atoms with Crippen LogP contribution in [0.15, 0.2) is 48.5 Å². The van der Waals surface area contributed by atoms with Gasteiger partial charge in [0.2, 0.25) is 0 Å². The zero-order valence-corrected chi connectivity index (χ0v) is 17.1. The van der Waals surface area contributed by atoms with Crippen LogP contribution in [0.4, 0.5) is 0 Å². The Morgan fingerprint density at radius 1 is 1.00 bits per heavy atom. The number of phenolic OH excluding ortho intramolecular Hbond substituents is 1. The average molecular weight is 359 g/mol. The molecule has 2 aromatic rings. The van der Waals surface area contributed by atoms with Crippen molar-refractivity contribution in [1.29, 1.82) is 0 Å². The van der Waals surface area contributed by atoms with Crippen molar-refractivity contribution in [2.45, 2.75) is 61.0 Å². The minimum Gasteiger partial charge on any atom is -0.504 e. The highest BCUT2D eigenvalue weighted by molar-refractivity contribution is 5.77. The van der Waals surface area contributed by atoms with Gasteiger partial charge in [-0.1, -0.05) is 71.0 Å². The van der Waals surface area contributed by atoms with Crippen LogP contribution >= 0.6 is 0 Å². The van der Waals surface area contributed by atoms with Crippen molar-refractivity contribution in [2.24, 2.45) is 5.92 Å². The van der Waals surface area contributed by atoms with Crippen LogP contribution in [-0.4, -0.2) is 10.9 Å². The fraction of sp³-hybridized carbons (Fsp3) is 0.435. The highest BCUT2D eigenvalue weighted by atomic mass is 16.5. The van der Waals surface area contributed by atoms with Gasteiger partial charge in [0.25, 0.3) is 0 Å². The fourth-order valence-electron chi connectivity index (χ4n) is 2.16. The van der Waals surface area contributed by atoms with E-state index >= 15 is 0 Å². The van der Waals surface area contributed by atoms with Crippen LogP contribution in [-0.2, 0) is 17.8 Å². The summed E-state index contributed by atoms with van der Waals surface area (Å²) >= 11 is 0. The zero-order valence-electron chi connectivity index (χ0n) is 17.1. The summed E-state index contributed by atoms with van der Waals surface area (Å²) in [7, 11) is 0. The molecule has 0 aliphatic carbocycles. The number of Topliss-reactive ketones (excluding diaryl/α,β-unsaturated/α-hetero) is 1. The molecule has 0 amide bonds. The molecule has 0 radical (unpaired) electrons. The summed E-state index contributed by atoms with van der Waals surface area (Å²) in [5.74, 6) is 0.874. The molecule has 0 aromatic heterocycles. The molecule has 0 aliphatic heterocycles. The molecule has 3 heteroatoms. The SMILES string of the molecule is CC.CC.CC(=O)C(C)CCc1ccc(OCc2ccccc2)c(O)c1. The summed E-state index contributed by atoms with van der Waals surface area (Å²) in [6, 6.07) is 15.3. The van der Waals surface area contributed by atoms with E-state index in [2.05, 4.69) is 0 Å². The molecule has 144 valence electrons. The number of phenols is 1. The summed E-state index contributed by atoms with van der Waals surface area (Å²) in [5.41, 5.74) is 2.07. The van der Waals surface area contributed by atoms with Gasteiger partial charge in [0.15, 0.2) is 11.5 Å². The number of carbonyl (C=O) groups excluding carboxylic acids is 1. The molecule has 2 aromatic carbocycles. The molecule has 2 rings (SSSR count). The van der Waals surface area contributed by atoms with E-state index in [9.17, 15) is 9.90 Å². The Labute approximate surface area is 159 Å². The third-order valence-electron chi connectivity index (χ3n) is 3.82. The Morgan fingerprint density at radius 2 is 1.62 bits per heavy atom. The highest BCUT2D eigenvalue weighted by Gasteiger charge is 2.09. The smallest absolute Gasteiger partial charge is 0.161 e. The summed E-state index contributed by atoms with van der Waals surface area (Å²) in [4.78, 5) is 11.2. The molecule has 3 nitrogen and oxygen atoms in total. The topological polar surface area (TPSA) is 46.5 Å². The first kappa shape index (κ1) is 23.7. The summed E-state index contributed by atoms with van der Waals surface area (Å²) < 4.78 is 5.64. The van der Waals surface area contributed by atoms with Gasteiger partial charge in [-0.05, 0) is 43.0 Å². The second kappa shape index (κ2) is 13.9. The van der Waals surface area contributed by atoms with Gasteiger partial charge in [0, 0.05) is 5.92 Å². The molecule has 1 unspecified atom stereocenters. The van der Waals surface area contributed by atoms with Crippen LogP contribution in [0.3, 0.4) is 0 Å². The number of carbonyl (C=O) groups is 1. The number of hydrogen-bond donors (Lipinski definition) is 1. The third kappa shape index (κ3) is 8.70. The zero-order chi connectivity index (χ0) is 19.9. The summed E-state index contributed by atoms with van der Waals surface area (Å²) in [6.45, 7) is 12.0. The van der Waals surface area contributed by atoms with Crippen molar-refractivity contribution in [2.75, 3.05) is 0 Å². The van der Waals surface area contributed by atoms with Crippen molar-refractivity contribution < 1.29 is 14.6 Å². The molecule has 0 spiro atoms. The van der Waals surface area contributed by atoms with E-state index < -0.39 is 0 Å². The number of benzene rings is 2. The fourth-order valence-corrected chi connectivity index (χ4v) is 2.16. The number of rotatable bonds is 7. The van der Waals surface area contributed by atoms with Crippen LogP contribution in [0.1, 0.15) is 59.1 Å². The second-order valence-electron chi connectivity index (χ2n) is 5.63. The quantitative estimate of drug-likeness (QED) is 0.642. The van der Waals surface area contributed by atoms with E-state index in [1.165, 1.54) is 0 Å². The first-order valence-electron chi connectivity index (χ1n) is 9.55. The van der Waals surface area contributed by atoms with Gasteiger partial charge in [-0.25, -0.2) is 0 Å². The maximum atomic E-state index is 11.2. The van der Waals surface area contributed by atoms with Crippen LogP contribution in [0, 0.1) is 5.92 Å². The molecule has 0 bridgehead atoms. The number of ketones is 1. The Balaban J connectivity index is 0.00000146. The number of aryl methyl sites for hydroxylation is 1. The van der Waals surface area contributed by atoms with E-state index in [0.717, 1.165) is 24.0 Å². The third-order valence-corrected chi connectivity index (χ3v) is 3.82. The van der Waals surface area contributed by atoms with Gasteiger partial charge in [-0.15, -0.1) is 0 Å². The van der Waals surface area contributed by atoms with E-state index in [-0.39, 0.29) is 17.5 Å². The molecule has 0 saturated heterocycles. The molecule has 1 atom stereocenters. The van der Waals surface area contributed by atoms with E-state index in [0.29, 0.717) is 12.4 Å². The predicted molar refractivity (Wildman–Crippen MR) is 110 cm³/mol. The van der Waals surface area contributed by atoms with E-state index in [4.69, 9.17) is 4.74 Å². The molecule has 0 heterocycles. The molecular weight excluding hydrogens is 324 g/mol. The molecule has 0 aliphatic rings. The first-order valence-corrected chi connectivity index (χ1v) is 9.55. The maximum absolute atomic E-state index is 11.2. The second-order valence-corrected chi connectivity index (χ2v) is 5.63. The number of aromatic hydroxyl groups is 1. The highest BCUT2D eigenvalue weighted by Crippen LogP contribution is 2.28. The van der Waals surface area contributed by atoms with Gasteiger partial charge in [-0.2, -0.15) is 0 Å². The van der Waals surface area contributed by atoms with Crippen molar-refractivity contribution in [1.82, 2.24) is 0 Å². The lowest BCUT2D eigenvalue weighted by molar-refractivity contribution is -0.120. The number of hydrogen-bond acceptors (Lipinski definition) is 3. The average Bonchev–Trinajstić information content (AvgIpc) is 2.69. The van der Waals surface area contributed by atoms with E-state index in [1.807, 2.05) is 71.0 Å². The molecule has 0 saturated carbocycles. The lowest BCUT2D eigenvalue weighted by atomic mass is 9.98. The van der Waals surface area contributed by atoms with Crippen molar-refractivity contribution >= 4 is 5.78 Å². The van der Waals surface area contributed by atoms with Gasteiger partial charge in [-0.3, -0.25) is 4.79 Å². The lowest BCUT2D eigenvalue weighted by Gasteiger charge is -2.11. The van der Waals surface area contributed by atoms with Crippen LogP contribution < -0.4 is 4.74 Å². The Morgan fingerprint density at radius 3 is 2.15 bits per heavy atom. The van der Waals surface area contributed by atoms with Crippen molar-refractivity contribution in [3.8, 4) is 11.5 Å². The van der Waals surface area contributed by atoms with Crippen molar-refractivity contribution in [3.05, 3.63) is 59.7 Å². The Hall–Kier alpha value is -2.29. The molecule has 1 N–H and O–H groups in total. The molecular formula is C23H34O3. The Bertz CT molecular complexity index is 621. The number of ether oxygens (including phenoxy) is 1. The summed E-state index contributed by atoms with van der Waals surface area (Å²) in [6.07, 6.45) is 1.56. The van der Waals surface area contributed by atoms with Gasteiger partial charge in [0.1, 0.15) is 12.4 Å². The normalized spacial score (nSPS) is 10.5. The van der Waals surface area contributed by atoms with Gasteiger partial charge in [0.05, 0.1) is 0 Å². The lowest BCUT2D eigenvalue weighted by Crippen LogP contribution is -2.07. The minimum absolute atomic E-state index is 0.0520. The summed E-state index contributed by atoms with van der Waals surface area (Å²) in [5, 5.41) is 10.1.